The van der Waals surface area contributed by atoms with Gasteiger partial charge in [-0.05, 0) is 24.6 Å². The zero-order valence-corrected chi connectivity index (χ0v) is 11.9. The highest BCUT2D eigenvalue weighted by Crippen LogP contribution is 2.26. The van der Waals surface area contributed by atoms with Crippen molar-refractivity contribution in [3.05, 3.63) is 46.2 Å². The van der Waals surface area contributed by atoms with Crippen molar-refractivity contribution in [1.29, 1.82) is 0 Å². The van der Waals surface area contributed by atoms with Crippen LogP contribution in [-0.2, 0) is 26.6 Å². The lowest BCUT2D eigenvalue weighted by molar-refractivity contribution is 0.292. The molecule has 0 aliphatic rings. The second kappa shape index (κ2) is 6.08. The molecule has 0 bridgehead atoms. The summed E-state index contributed by atoms with van der Waals surface area (Å²) in [6, 6.07) is 7.60. The second-order valence-corrected chi connectivity index (χ2v) is 4.72. The SMILES string of the molecule is CCc1cc(COc2cccc(Cl)c2CN)n(C)n1. The molecule has 1 aromatic heterocycles. The predicted octanol–water partition coefficient (Wildman–Crippen LogP) is 2.67. The molecule has 1 aromatic carbocycles. The maximum atomic E-state index is 6.09. The van der Waals surface area contributed by atoms with Gasteiger partial charge in [0.25, 0.3) is 0 Å². The van der Waals surface area contributed by atoms with E-state index >= 15 is 0 Å². The zero-order chi connectivity index (χ0) is 13.8. The molecule has 102 valence electrons. The van der Waals surface area contributed by atoms with Crippen molar-refractivity contribution < 1.29 is 4.74 Å². The first-order chi connectivity index (χ1) is 9.15. The van der Waals surface area contributed by atoms with Gasteiger partial charge in [-0.2, -0.15) is 5.10 Å². The summed E-state index contributed by atoms with van der Waals surface area (Å²) in [6.45, 7) is 2.90. The van der Waals surface area contributed by atoms with Crippen LogP contribution in [0.3, 0.4) is 0 Å². The highest BCUT2D eigenvalue weighted by atomic mass is 35.5. The van der Waals surface area contributed by atoms with Crippen molar-refractivity contribution in [2.75, 3.05) is 0 Å². The second-order valence-electron chi connectivity index (χ2n) is 4.31. The van der Waals surface area contributed by atoms with E-state index in [9.17, 15) is 0 Å². The van der Waals surface area contributed by atoms with Crippen molar-refractivity contribution in [2.24, 2.45) is 12.8 Å². The van der Waals surface area contributed by atoms with E-state index in [1.807, 2.05) is 36.0 Å². The Morgan fingerprint density at radius 3 is 2.84 bits per heavy atom. The molecule has 2 rings (SSSR count). The molecule has 0 spiro atoms. The van der Waals surface area contributed by atoms with Crippen LogP contribution in [0.4, 0.5) is 0 Å². The van der Waals surface area contributed by atoms with Crippen LogP contribution < -0.4 is 10.5 Å². The van der Waals surface area contributed by atoms with Gasteiger partial charge in [0.15, 0.2) is 0 Å². The van der Waals surface area contributed by atoms with Gasteiger partial charge in [-0.15, -0.1) is 0 Å². The van der Waals surface area contributed by atoms with Crippen LogP contribution in [0, 0.1) is 0 Å². The predicted molar refractivity (Wildman–Crippen MR) is 76.3 cm³/mol. The molecule has 19 heavy (non-hydrogen) atoms. The van der Waals surface area contributed by atoms with E-state index in [2.05, 4.69) is 12.0 Å². The topological polar surface area (TPSA) is 53.1 Å². The molecule has 0 saturated heterocycles. The quantitative estimate of drug-likeness (QED) is 0.915. The minimum absolute atomic E-state index is 0.362. The molecule has 0 saturated carbocycles. The summed E-state index contributed by atoms with van der Waals surface area (Å²) in [5.74, 6) is 0.731. The molecule has 5 heteroatoms. The van der Waals surface area contributed by atoms with Gasteiger partial charge in [0, 0.05) is 24.2 Å². The summed E-state index contributed by atoms with van der Waals surface area (Å²) >= 11 is 6.09. The van der Waals surface area contributed by atoms with Crippen molar-refractivity contribution >= 4 is 11.6 Å². The van der Waals surface area contributed by atoms with E-state index in [0.29, 0.717) is 18.2 Å². The van der Waals surface area contributed by atoms with Crippen molar-refractivity contribution in [3.8, 4) is 5.75 Å². The first-order valence-corrected chi connectivity index (χ1v) is 6.65. The van der Waals surface area contributed by atoms with E-state index in [1.165, 1.54) is 0 Å². The number of rotatable bonds is 5. The highest BCUT2D eigenvalue weighted by Gasteiger charge is 2.09. The van der Waals surface area contributed by atoms with Crippen LogP contribution in [0.15, 0.2) is 24.3 Å². The summed E-state index contributed by atoms with van der Waals surface area (Å²) in [6.07, 6.45) is 0.916. The Morgan fingerprint density at radius 1 is 1.42 bits per heavy atom. The zero-order valence-electron chi connectivity index (χ0n) is 11.2. The number of hydrogen-bond acceptors (Lipinski definition) is 3. The highest BCUT2D eigenvalue weighted by molar-refractivity contribution is 6.31. The largest absolute Gasteiger partial charge is 0.487 e. The lowest BCUT2D eigenvalue weighted by atomic mass is 10.2. The Bertz CT molecular complexity index is 566. The molecule has 0 amide bonds. The van der Waals surface area contributed by atoms with Crippen LogP contribution in [0.2, 0.25) is 5.02 Å². The lowest BCUT2D eigenvalue weighted by Crippen LogP contribution is -2.06. The Labute approximate surface area is 118 Å². The third-order valence-electron chi connectivity index (χ3n) is 3.05. The molecule has 0 atom stereocenters. The Morgan fingerprint density at radius 2 is 2.21 bits per heavy atom. The molecule has 0 fully saturated rings. The van der Waals surface area contributed by atoms with Gasteiger partial charge in [-0.1, -0.05) is 24.6 Å². The van der Waals surface area contributed by atoms with Crippen LogP contribution in [0.5, 0.6) is 5.75 Å². The van der Waals surface area contributed by atoms with Crippen LogP contribution in [-0.4, -0.2) is 9.78 Å². The van der Waals surface area contributed by atoms with E-state index < -0.39 is 0 Å². The summed E-state index contributed by atoms with van der Waals surface area (Å²) in [4.78, 5) is 0. The summed E-state index contributed by atoms with van der Waals surface area (Å²) < 4.78 is 7.65. The van der Waals surface area contributed by atoms with Gasteiger partial charge < -0.3 is 10.5 Å². The average molecular weight is 280 g/mol. The molecule has 0 aliphatic carbocycles. The van der Waals surface area contributed by atoms with E-state index in [4.69, 9.17) is 22.1 Å². The third-order valence-corrected chi connectivity index (χ3v) is 3.40. The molecule has 2 aromatic rings. The maximum Gasteiger partial charge on any atom is 0.130 e. The number of ether oxygens (including phenoxy) is 1. The van der Waals surface area contributed by atoms with Gasteiger partial charge in [-0.3, -0.25) is 4.68 Å². The van der Waals surface area contributed by atoms with Gasteiger partial charge in [0.05, 0.1) is 11.4 Å². The molecule has 4 nitrogen and oxygen atoms in total. The normalized spacial score (nSPS) is 10.7. The Balaban J connectivity index is 2.14. The average Bonchev–Trinajstić information content (AvgIpc) is 2.77. The molecule has 0 aliphatic heterocycles. The molecular weight excluding hydrogens is 262 g/mol. The Hall–Kier alpha value is -1.52. The fourth-order valence-electron chi connectivity index (χ4n) is 1.90. The first kappa shape index (κ1) is 13.9. The number of aromatic nitrogens is 2. The smallest absolute Gasteiger partial charge is 0.130 e. The maximum absolute atomic E-state index is 6.09. The molecule has 0 unspecified atom stereocenters. The van der Waals surface area contributed by atoms with Crippen molar-refractivity contribution in [3.63, 3.8) is 0 Å². The van der Waals surface area contributed by atoms with E-state index in [0.717, 1.165) is 29.1 Å². The standard InChI is InChI=1S/C14H18ClN3O/c1-3-10-7-11(18(2)17-10)9-19-14-6-4-5-13(15)12(14)8-16/h4-7H,3,8-9,16H2,1-2H3. The molecular formula is C14H18ClN3O. The fourth-order valence-corrected chi connectivity index (χ4v) is 2.15. The summed E-state index contributed by atoms with van der Waals surface area (Å²) in [5.41, 5.74) is 8.62. The third kappa shape index (κ3) is 3.08. The summed E-state index contributed by atoms with van der Waals surface area (Å²) in [7, 11) is 1.92. The van der Waals surface area contributed by atoms with Gasteiger partial charge in [0.1, 0.15) is 12.4 Å². The fraction of sp³-hybridized carbons (Fsp3) is 0.357. The minimum Gasteiger partial charge on any atom is -0.487 e. The number of hydrogen-bond donors (Lipinski definition) is 1. The molecule has 2 N–H and O–H groups in total. The summed E-state index contributed by atoms with van der Waals surface area (Å²) in [5, 5.41) is 5.03. The van der Waals surface area contributed by atoms with Crippen molar-refractivity contribution in [2.45, 2.75) is 26.5 Å². The van der Waals surface area contributed by atoms with Gasteiger partial charge in [0.2, 0.25) is 0 Å². The minimum atomic E-state index is 0.362. The number of nitrogens with zero attached hydrogens (tertiary/aromatic N) is 2. The van der Waals surface area contributed by atoms with E-state index in [1.54, 1.807) is 0 Å². The number of halogens is 1. The van der Waals surface area contributed by atoms with Gasteiger partial charge >= 0.3 is 0 Å². The van der Waals surface area contributed by atoms with Crippen LogP contribution >= 0.6 is 11.6 Å². The monoisotopic (exact) mass is 279 g/mol. The van der Waals surface area contributed by atoms with Crippen LogP contribution in [0.1, 0.15) is 23.9 Å². The molecule has 1 heterocycles. The van der Waals surface area contributed by atoms with Crippen LogP contribution in [0.25, 0.3) is 0 Å². The number of benzene rings is 1. The Kier molecular flexibility index (Phi) is 4.45. The first-order valence-electron chi connectivity index (χ1n) is 6.27. The van der Waals surface area contributed by atoms with Gasteiger partial charge in [-0.25, -0.2) is 0 Å². The van der Waals surface area contributed by atoms with E-state index in [-0.39, 0.29) is 0 Å². The number of nitrogens with two attached hydrogens (primary N) is 1. The lowest BCUT2D eigenvalue weighted by Gasteiger charge is -2.11. The number of aryl methyl sites for hydroxylation is 2. The van der Waals surface area contributed by atoms with Crippen molar-refractivity contribution in [1.82, 2.24) is 9.78 Å². The molecule has 0 radical (unpaired) electrons.